The van der Waals surface area contributed by atoms with E-state index in [2.05, 4.69) is 24.1 Å². The molecular formula is C18H25ClN2O4. The van der Waals surface area contributed by atoms with Crippen LogP contribution in [0.4, 0.5) is 0 Å². The van der Waals surface area contributed by atoms with E-state index in [0.717, 1.165) is 26.3 Å². The molecule has 2 aliphatic heterocycles. The molecule has 1 saturated heterocycles. The SMILES string of the molecule is CC(C)C(CNC(=O)c1cc(Cl)c2c(c1)OCCO2)N1CCOCC1. The van der Waals surface area contributed by atoms with E-state index in [4.69, 9.17) is 25.8 Å². The molecule has 2 heterocycles. The van der Waals surface area contributed by atoms with Gasteiger partial charge in [-0.25, -0.2) is 0 Å². The van der Waals surface area contributed by atoms with E-state index in [9.17, 15) is 4.79 Å². The Balaban J connectivity index is 1.66. The topological polar surface area (TPSA) is 60.0 Å². The average Bonchev–Trinajstić information content (AvgIpc) is 2.62. The fourth-order valence-electron chi connectivity index (χ4n) is 3.24. The lowest BCUT2D eigenvalue weighted by atomic mass is 10.0. The van der Waals surface area contributed by atoms with Crippen molar-refractivity contribution in [2.24, 2.45) is 5.92 Å². The molecule has 1 aromatic carbocycles. The van der Waals surface area contributed by atoms with Crippen LogP contribution < -0.4 is 14.8 Å². The molecule has 1 aromatic rings. The number of carbonyl (C=O) groups excluding carboxylic acids is 1. The molecule has 3 rings (SSSR count). The molecule has 0 spiro atoms. The Morgan fingerprint density at radius 1 is 1.20 bits per heavy atom. The van der Waals surface area contributed by atoms with Crippen molar-refractivity contribution in [3.63, 3.8) is 0 Å². The maximum atomic E-state index is 12.6. The Morgan fingerprint density at radius 2 is 1.92 bits per heavy atom. The first-order chi connectivity index (χ1) is 12.1. The summed E-state index contributed by atoms with van der Waals surface area (Å²) in [5.41, 5.74) is 0.485. The first-order valence-corrected chi connectivity index (χ1v) is 9.13. The van der Waals surface area contributed by atoms with Crippen LogP contribution in [0.5, 0.6) is 11.5 Å². The van der Waals surface area contributed by atoms with Crippen LogP contribution in [-0.4, -0.2) is 62.9 Å². The van der Waals surface area contributed by atoms with Gasteiger partial charge >= 0.3 is 0 Å². The zero-order chi connectivity index (χ0) is 17.8. The lowest BCUT2D eigenvalue weighted by Gasteiger charge is -2.36. The predicted molar refractivity (Wildman–Crippen MR) is 95.8 cm³/mol. The summed E-state index contributed by atoms with van der Waals surface area (Å²) in [5, 5.41) is 3.43. The number of fused-ring (bicyclic) bond motifs is 1. The molecule has 0 saturated carbocycles. The van der Waals surface area contributed by atoms with E-state index >= 15 is 0 Å². The standard InChI is InChI=1S/C18H25ClN2O4/c1-12(2)15(21-3-5-23-6-4-21)11-20-18(22)13-9-14(19)17-16(10-13)24-7-8-25-17/h9-10,12,15H,3-8,11H2,1-2H3,(H,20,22). The minimum absolute atomic E-state index is 0.155. The van der Waals surface area contributed by atoms with Gasteiger partial charge < -0.3 is 19.5 Å². The molecule has 25 heavy (non-hydrogen) atoms. The van der Waals surface area contributed by atoms with Gasteiger partial charge in [0.2, 0.25) is 0 Å². The van der Waals surface area contributed by atoms with Crippen LogP contribution in [0.1, 0.15) is 24.2 Å². The van der Waals surface area contributed by atoms with E-state index in [-0.39, 0.29) is 11.9 Å². The van der Waals surface area contributed by atoms with Gasteiger partial charge in [0.05, 0.1) is 18.2 Å². The fourth-order valence-corrected chi connectivity index (χ4v) is 3.50. The summed E-state index contributed by atoms with van der Waals surface area (Å²) >= 11 is 6.22. The Morgan fingerprint density at radius 3 is 2.64 bits per heavy atom. The number of amides is 1. The smallest absolute Gasteiger partial charge is 0.251 e. The summed E-state index contributed by atoms with van der Waals surface area (Å²) in [6.07, 6.45) is 0. The van der Waals surface area contributed by atoms with Crippen molar-refractivity contribution in [3.05, 3.63) is 22.7 Å². The Kier molecular flexibility index (Phi) is 6.04. The van der Waals surface area contributed by atoms with E-state index in [1.807, 2.05) is 0 Å². The summed E-state index contributed by atoms with van der Waals surface area (Å²) in [7, 11) is 0. The molecule has 0 radical (unpaired) electrons. The maximum Gasteiger partial charge on any atom is 0.251 e. The quantitative estimate of drug-likeness (QED) is 0.863. The van der Waals surface area contributed by atoms with Crippen molar-refractivity contribution >= 4 is 17.5 Å². The van der Waals surface area contributed by atoms with Crippen molar-refractivity contribution in [2.75, 3.05) is 46.1 Å². The van der Waals surface area contributed by atoms with E-state index < -0.39 is 0 Å². The first kappa shape index (κ1) is 18.3. The highest BCUT2D eigenvalue weighted by Gasteiger charge is 2.25. The molecule has 138 valence electrons. The highest BCUT2D eigenvalue weighted by atomic mass is 35.5. The van der Waals surface area contributed by atoms with Crippen LogP contribution in [0.25, 0.3) is 0 Å². The van der Waals surface area contributed by atoms with Crippen molar-refractivity contribution in [3.8, 4) is 11.5 Å². The summed E-state index contributed by atoms with van der Waals surface area (Å²) in [4.78, 5) is 15.0. The lowest BCUT2D eigenvalue weighted by molar-refractivity contribution is 0.00672. The van der Waals surface area contributed by atoms with E-state index in [0.29, 0.717) is 47.8 Å². The second-order valence-corrected chi connectivity index (χ2v) is 7.06. The molecule has 1 N–H and O–H groups in total. The Bertz CT molecular complexity index is 617. The van der Waals surface area contributed by atoms with E-state index in [1.54, 1.807) is 12.1 Å². The average molecular weight is 369 g/mol. The van der Waals surface area contributed by atoms with Crippen molar-refractivity contribution in [1.82, 2.24) is 10.2 Å². The van der Waals surface area contributed by atoms with Gasteiger partial charge in [-0.2, -0.15) is 0 Å². The van der Waals surface area contributed by atoms with Gasteiger partial charge in [0, 0.05) is 31.2 Å². The molecule has 0 aliphatic carbocycles. The second kappa shape index (κ2) is 8.25. The van der Waals surface area contributed by atoms with Gasteiger partial charge in [-0.1, -0.05) is 25.4 Å². The third kappa shape index (κ3) is 4.37. The molecule has 1 fully saturated rings. The number of halogens is 1. The molecule has 7 heteroatoms. The fraction of sp³-hybridized carbons (Fsp3) is 0.611. The third-order valence-corrected chi connectivity index (χ3v) is 4.90. The van der Waals surface area contributed by atoms with Crippen molar-refractivity contribution in [2.45, 2.75) is 19.9 Å². The molecule has 6 nitrogen and oxygen atoms in total. The van der Waals surface area contributed by atoms with Gasteiger partial charge in [0.1, 0.15) is 13.2 Å². The second-order valence-electron chi connectivity index (χ2n) is 6.65. The largest absolute Gasteiger partial charge is 0.486 e. The van der Waals surface area contributed by atoms with Crippen LogP contribution in [0.3, 0.4) is 0 Å². The number of ether oxygens (including phenoxy) is 3. The van der Waals surface area contributed by atoms with Crippen LogP contribution in [0.2, 0.25) is 5.02 Å². The minimum atomic E-state index is -0.155. The normalized spacial score (nSPS) is 18.9. The molecule has 1 amide bonds. The van der Waals surface area contributed by atoms with Gasteiger partial charge in [-0.3, -0.25) is 9.69 Å². The zero-order valence-corrected chi connectivity index (χ0v) is 15.5. The van der Waals surface area contributed by atoms with Gasteiger partial charge in [-0.15, -0.1) is 0 Å². The van der Waals surface area contributed by atoms with E-state index in [1.165, 1.54) is 0 Å². The monoisotopic (exact) mass is 368 g/mol. The van der Waals surface area contributed by atoms with Crippen LogP contribution in [0, 0.1) is 5.92 Å². The lowest BCUT2D eigenvalue weighted by Crippen LogP contribution is -2.51. The zero-order valence-electron chi connectivity index (χ0n) is 14.7. The van der Waals surface area contributed by atoms with Crippen molar-refractivity contribution in [1.29, 1.82) is 0 Å². The molecule has 0 bridgehead atoms. The van der Waals surface area contributed by atoms with Gasteiger partial charge in [0.15, 0.2) is 11.5 Å². The first-order valence-electron chi connectivity index (χ1n) is 8.75. The number of hydrogen-bond acceptors (Lipinski definition) is 5. The minimum Gasteiger partial charge on any atom is -0.486 e. The number of nitrogens with zero attached hydrogens (tertiary/aromatic N) is 1. The summed E-state index contributed by atoms with van der Waals surface area (Å²) in [5.74, 6) is 1.32. The van der Waals surface area contributed by atoms with Crippen molar-refractivity contribution < 1.29 is 19.0 Å². The van der Waals surface area contributed by atoms with Crippen LogP contribution in [0.15, 0.2) is 12.1 Å². The number of benzene rings is 1. The molecule has 2 aliphatic rings. The highest BCUT2D eigenvalue weighted by Crippen LogP contribution is 2.38. The summed E-state index contributed by atoms with van der Waals surface area (Å²) in [6.45, 7) is 9.14. The third-order valence-electron chi connectivity index (χ3n) is 4.62. The summed E-state index contributed by atoms with van der Waals surface area (Å²) < 4.78 is 16.5. The Hall–Kier alpha value is -1.50. The number of morpholine rings is 1. The number of nitrogens with one attached hydrogen (secondary N) is 1. The number of hydrogen-bond donors (Lipinski definition) is 1. The molecule has 0 aromatic heterocycles. The van der Waals surface area contributed by atoms with Crippen LogP contribution >= 0.6 is 11.6 Å². The van der Waals surface area contributed by atoms with Gasteiger partial charge in [0.25, 0.3) is 5.91 Å². The Labute approximate surface area is 153 Å². The molecule has 1 atom stereocenters. The molecular weight excluding hydrogens is 344 g/mol. The van der Waals surface area contributed by atoms with Crippen LogP contribution in [-0.2, 0) is 4.74 Å². The number of carbonyl (C=O) groups is 1. The molecule has 1 unspecified atom stereocenters. The highest BCUT2D eigenvalue weighted by molar-refractivity contribution is 6.32. The van der Waals surface area contributed by atoms with Gasteiger partial charge in [-0.05, 0) is 18.1 Å². The number of rotatable bonds is 5. The predicted octanol–water partition coefficient (Wildman–Crippen LogP) is 2.20. The summed E-state index contributed by atoms with van der Waals surface area (Å²) in [6, 6.07) is 3.60. The maximum absolute atomic E-state index is 12.6.